The smallest absolute Gasteiger partial charge is 0.324 e. The molecular weight excluding hydrogens is 432 g/mol. The summed E-state index contributed by atoms with van der Waals surface area (Å²) in [6.45, 7) is 3.36. The first-order valence-electron chi connectivity index (χ1n) is 12.0. The molecule has 0 aromatic heterocycles. The molecule has 0 fully saturated rings. The minimum atomic E-state index is -2.05. The molecule has 1 N–H and O–H groups in total. The first-order chi connectivity index (χ1) is 16.4. The summed E-state index contributed by atoms with van der Waals surface area (Å²) in [7, 11) is 0. The van der Waals surface area contributed by atoms with Gasteiger partial charge in [0.2, 0.25) is 0 Å². The molecular formula is C28H36O6. The van der Waals surface area contributed by atoms with Crippen molar-refractivity contribution in [3.05, 3.63) is 71.8 Å². The Balaban J connectivity index is 2.15. The molecule has 2 atom stereocenters. The number of carbonyl (C=O) groups is 3. The minimum Gasteiger partial charge on any atom is -0.480 e. The van der Waals surface area contributed by atoms with Crippen LogP contribution in [-0.2, 0) is 37.1 Å². The van der Waals surface area contributed by atoms with E-state index in [-0.39, 0.29) is 19.6 Å². The number of aliphatic carboxylic acids is 1. The molecule has 6 nitrogen and oxygen atoms in total. The highest BCUT2D eigenvalue weighted by molar-refractivity contribution is 6.02. The van der Waals surface area contributed by atoms with E-state index in [0.717, 1.165) is 43.2 Å². The summed E-state index contributed by atoms with van der Waals surface area (Å²) >= 11 is 0. The van der Waals surface area contributed by atoms with Gasteiger partial charge in [-0.15, -0.1) is 0 Å². The van der Waals surface area contributed by atoms with Crippen molar-refractivity contribution in [3.8, 4) is 0 Å². The Morgan fingerprint density at radius 2 is 1.29 bits per heavy atom. The lowest BCUT2D eigenvalue weighted by Crippen LogP contribution is -2.48. The fraction of sp³-hybridized carbons (Fsp3) is 0.464. The summed E-state index contributed by atoms with van der Waals surface area (Å²) in [4.78, 5) is 38.5. The van der Waals surface area contributed by atoms with Gasteiger partial charge in [-0.1, -0.05) is 106 Å². The van der Waals surface area contributed by atoms with Gasteiger partial charge >= 0.3 is 17.9 Å². The van der Waals surface area contributed by atoms with Crippen molar-refractivity contribution in [2.75, 3.05) is 0 Å². The number of unbranched alkanes of at least 4 members (excludes halogenated alkanes) is 5. The maximum absolute atomic E-state index is 13.1. The summed E-state index contributed by atoms with van der Waals surface area (Å²) in [6, 6.07) is 18.2. The van der Waals surface area contributed by atoms with E-state index in [1.54, 1.807) is 12.1 Å². The number of carbonyl (C=O) groups excluding carboxylic acids is 2. The molecule has 184 valence electrons. The maximum atomic E-state index is 13.1. The Kier molecular flexibility index (Phi) is 11.3. The van der Waals surface area contributed by atoms with Crippen LogP contribution in [0.25, 0.3) is 0 Å². The summed E-state index contributed by atoms with van der Waals surface area (Å²) in [6.07, 6.45) is 6.08. The van der Waals surface area contributed by atoms with Crippen LogP contribution in [0.5, 0.6) is 0 Å². The van der Waals surface area contributed by atoms with E-state index in [1.165, 1.54) is 6.92 Å². The number of benzene rings is 2. The van der Waals surface area contributed by atoms with E-state index in [2.05, 4.69) is 6.92 Å². The highest BCUT2D eigenvalue weighted by Gasteiger charge is 2.53. The van der Waals surface area contributed by atoms with Gasteiger partial charge in [-0.05, 0) is 24.5 Å². The van der Waals surface area contributed by atoms with Gasteiger partial charge in [-0.2, -0.15) is 0 Å². The van der Waals surface area contributed by atoms with E-state index >= 15 is 0 Å². The summed E-state index contributed by atoms with van der Waals surface area (Å²) in [5, 5.41) is 10.1. The average molecular weight is 469 g/mol. The van der Waals surface area contributed by atoms with Crippen molar-refractivity contribution in [1.82, 2.24) is 0 Å². The molecule has 0 saturated heterocycles. The Labute approximate surface area is 202 Å². The molecule has 0 aliphatic carbocycles. The van der Waals surface area contributed by atoms with Crippen molar-refractivity contribution in [2.45, 2.75) is 72.0 Å². The number of ether oxygens (including phenoxy) is 2. The highest BCUT2D eigenvalue weighted by Crippen LogP contribution is 2.35. The van der Waals surface area contributed by atoms with E-state index in [9.17, 15) is 19.5 Å². The number of hydrogen-bond acceptors (Lipinski definition) is 5. The lowest BCUT2D eigenvalue weighted by Gasteiger charge is -2.30. The van der Waals surface area contributed by atoms with E-state index in [0.29, 0.717) is 6.42 Å². The number of hydrogen-bond donors (Lipinski definition) is 1. The summed E-state index contributed by atoms with van der Waals surface area (Å²) in [5.74, 6) is -4.17. The largest absolute Gasteiger partial charge is 0.480 e. The molecule has 0 bridgehead atoms. The first-order valence-corrected chi connectivity index (χ1v) is 12.0. The second-order valence-electron chi connectivity index (χ2n) is 8.77. The zero-order valence-corrected chi connectivity index (χ0v) is 20.2. The predicted molar refractivity (Wildman–Crippen MR) is 130 cm³/mol. The molecule has 0 heterocycles. The molecule has 0 aliphatic rings. The van der Waals surface area contributed by atoms with Crippen LogP contribution < -0.4 is 0 Å². The summed E-state index contributed by atoms with van der Waals surface area (Å²) < 4.78 is 10.9. The van der Waals surface area contributed by atoms with Crippen LogP contribution in [0, 0.1) is 11.3 Å². The first kappa shape index (κ1) is 27.1. The molecule has 0 spiro atoms. The van der Waals surface area contributed by atoms with Crippen LogP contribution in [0.2, 0.25) is 0 Å². The predicted octanol–water partition coefficient (Wildman–Crippen LogP) is 5.93. The van der Waals surface area contributed by atoms with Crippen molar-refractivity contribution < 1.29 is 29.0 Å². The lowest BCUT2D eigenvalue weighted by atomic mass is 9.74. The zero-order valence-electron chi connectivity index (χ0n) is 20.2. The number of carboxylic acid groups (broad SMARTS) is 1. The molecule has 0 radical (unpaired) electrons. The molecule has 34 heavy (non-hydrogen) atoms. The second-order valence-corrected chi connectivity index (χ2v) is 8.77. The Morgan fingerprint density at radius 3 is 1.82 bits per heavy atom. The SMILES string of the molecule is CCCCCCCCC(C(=O)OCc1ccccc1)[C@](C)(C(=O)O)C(=O)OCc1ccccc1. The van der Waals surface area contributed by atoms with Gasteiger partial charge in [0.1, 0.15) is 13.2 Å². The second kappa shape index (κ2) is 14.2. The Bertz CT molecular complexity index is 896. The number of rotatable bonds is 15. The van der Waals surface area contributed by atoms with Crippen LogP contribution in [-0.4, -0.2) is 23.0 Å². The van der Waals surface area contributed by atoms with Crippen LogP contribution in [0.4, 0.5) is 0 Å². The fourth-order valence-electron chi connectivity index (χ4n) is 3.85. The number of esters is 2. The minimum absolute atomic E-state index is 0.0153. The molecule has 0 saturated carbocycles. The Morgan fingerprint density at radius 1 is 0.794 bits per heavy atom. The third kappa shape index (κ3) is 8.01. The average Bonchev–Trinajstić information content (AvgIpc) is 2.86. The number of carboxylic acids is 1. The van der Waals surface area contributed by atoms with Crippen molar-refractivity contribution in [2.24, 2.45) is 11.3 Å². The maximum Gasteiger partial charge on any atom is 0.324 e. The normalized spacial score (nSPS) is 13.5. The van der Waals surface area contributed by atoms with E-state index < -0.39 is 29.2 Å². The molecule has 2 rings (SSSR count). The van der Waals surface area contributed by atoms with Gasteiger partial charge in [0, 0.05) is 0 Å². The molecule has 0 aliphatic heterocycles. The lowest BCUT2D eigenvalue weighted by molar-refractivity contribution is -0.181. The topological polar surface area (TPSA) is 89.9 Å². The van der Waals surface area contributed by atoms with Gasteiger partial charge in [0.05, 0.1) is 5.92 Å². The van der Waals surface area contributed by atoms with Crippen molar-refractivity contribution in [3.63, 3.8) is 0 Å². The fourth-order valence-corrected chi connectivity index (χ4v) is 3.85. The molecule has 0 amide bonds. The van der Waals surface area contributed by atoms with Gasteiger partial charge in [-0.3, -0.25) is 14.4 Å². The van der Waals surface area contributed by atoms with E-state index in [4.69, 9.17) is 9.47 Å². The van der Waals surface area contributed by atoms with Crippen molar-refractivity contribution >= 4 is 17.9 Å². The third-order valence-corrected chi connectivity index (χ3v) is 6.13. The van der Waals surface area contributed by atoms with Crippen LogP contribution in [0.3, 0.4) is 0 Å². The summed E-state index contributed by atoms with van der Waals surface area (Å²) in [5.41, 5.74) is -0.521. The van der Waals surface area contributed by atoms with Gasteiger partial charge in [0.25, 0.3) is 0 Å². The molecule has 1 unspecified atom stereocenters. The van der Waals surface area contributed by atoms with Gasteiger partial charge in [0.15, 0.2) is 5.41 Å². The van der Waals surface area contributed by atoms with E-state index in [1.807, 2.05) is 48.5 Å². The van der Waals surface area contributed by atoms with Gasteiger partial charge in [-0.25, -0.2) is 0 Å². The van der Waals surface area contributed by atoms with Crippen molar-refractivity contribution in [1.29, 1.82) is 0 Å². The highest BCUT2D eigenvalue weighted by atomic mass is 16.5. The van der Waals surface area contributed by atoms with Crippen LogP contribution in [0.15, 0.2) is 60.7 Å². The quantitative estimate of drug-likeness (QED) is 0.198. The molecule has 6 heteroatoms. The van der Waals surface area contributed by atoms with Crippen LogP contribution in [0.1, 0.15) is 69.9 Å². The van der Waals surface area contributed by atoms with Crippen LogP contribution >= 0.6 is 0 Å². The molecule has 2 aromatic carbocycles. The third-order valence-electron chi connectivity index (χ3n) is 6.13. The van der Waals surface area contributed by atoms with Gasteiger partial charge < -0.3 is 14.6 Å². The monoisotopic (exact) mass is 468 g/mol. The Hall–Kier alpha value is -3.15. The zero-order chi connectivity index (χ0) is 24.8. The molecule has 2 aromatic rings. The standard InChI is InChI=1S/C28H36O6/c1-3-4-5-6-7-14-19-24(25(29)33-20-22-15-10-8-11-16-22)28(2,26(30)31)27(32)34-21-23-17-12-9-13-18-23/h8-13,15-18,24H,3-7,14,19-21H2,1-2H3,(H,30,31)/t24?,28-/m1/s1.